The van der Waals surface area contributed by atoms with Crippen LogP contribution in [0.1, 0.15) is 125 Å². The molecule has 0 bridgehead atoms. The van der Waals surface area contributed by atoms with E-state index in [9.17, 15) is 73.2 Å². The number of carboxylic acids is 3. The molecule has 0 aliphatic rings. The number of aliphatic carboxylic acids is 3. The number of hydrogen-bond donors (Lipinski definition) is 15. The number of carbonyl (C=O) groups excluding carboxylic acids is 8. The Balaban J connectivity index is 2.50. The van der Waals surface area contributed by atoms with Gasteiger partial charge in [0.2, 0.25) is 47.3 Å². The van der Waals surface area contributed by atoms with Crippen LogP contribution >= 0.6 is 0 Å². The van der Waals surface area contributed by atoms with Gasteiger partial charge >= 0.3 is 17.9 Å². The number of carboxylic acid groups (broad SMARTS) is 3. The van der Waals surface area contributed by atoms with E-state index < -0.39 is 164 Å². The summed E-state index contributed by atoms with van der Waals surface area (Å²) < 4.78 is 0. The molecule has 0 fully saturated rings. The summed E-state index contributed by atoms with van der Waals surface area (Å²) in [6.45, 7) is 13.0. The lowest BCUT2D eigenvalue weighted by molar-refractivity contribution is -0.143. The number of hydrogen-bond acceptors (Lipinski definition) is 14. The maximum Gasteiger partial charge on any atom is 0.326 e. The first-order valence-corrected chi connectivity index (χ1v) is 26.8. The summed E-state index contributed by atoms with van der Waals surface area (Å²) in [5.74, 6) is -13.0. The highest BCUT2D eigenvalue weighted by Crippen LogP contribution is 2.20. The Hall–Kier alpha value is -7.19. The van der Waals surface area contributed by atoms with Crippen LogP contribution in [-0.2, 0) is 59.2 Å². The zero-order valence-corrected chi connectivity index (χ0v) is 46.5. The monoisotopic (exact) mass is 1120 g/mol. The molecule has 1 heterocycles. The second-order valence-corrected chi connectivity index (χ2v) is 21.1. The SMILES string of the molecule is CC[C@H](C)[C@H](NC(=O)[C@@H](N)CCCCN)C(=O)N[C@@H](Cc1c[nH]c2ccccc12)C(=O)N[C@@H](CCC(=O)O)C(=O)N[C@@H](CCC(=O)O)C(=O)N[C@@H](CC(C)C)C(=O)N[C@@H](CO)C(=O)N[C@H](C(=O)N[C@@H](CC(C)C)C(=O)O)C(C)C. The van der Waals surface area contributed by atoms with E-state index in [0.717, 1.165) is 0 Å². The normalized spacial score (nSPS) is 15.2. The number of para-hydroxylation sites is 1. The third-order valence-electron chi connectivity index (χ3n) is 13.1. The van der Waals surface area contributed by atoms with Crippen molar-refractivity contribution in [3.63, 3.8) is 0 Å². The molecule has 0 unspecified atom stereocenters. The smallest absolute Gasteiger partial charge is 0.326 e. The number of rotatable bonds is 37. The van der Waals surface area contributed by atoms with Gasteiger partial charge in [-0.15, -0.1) is 0 Å². The average molecular weight is 1120 g/mol. The average Bonchev–Trinajstić information content (AvgIpc) is 3.79. The number of nitrogens with one attached hydrogen (secondary N) is 9. The van der Waals surface area contributed by atoms with Crippen molar-refractivity contribution >= 4 is 76.1 Å². The summed E-state index contributed by atoms with van der Waals surface area (Å²) >= 11 is 0. The maximum atomic E-state index is 14.5. The molecule has 1 aromatic carbocycles. The quantitative estimate of drug-likeness (QED) is 0.0384. The van der Waals surface area contributed by atoms with Crippen molar-refractivity contribution in [3.05, 3.63) is 36.0 Å². The van der Waals surface area contributed by atoms with E-state index in [-0.39, 0.29) is 31.1 Å². The first-order chi connectivity index (χ1) is 37.1. The van der Waals surface area contributed by atoms with Crippen molar-refractivity contribution in [2.75, 3.05) is 13.2 Å². The summed E-state index contributed by atoms with van der Waals surface area (Å²) in [4.78, 5) is 150. The van der Waals surface area contributed by atoms with Gasteiger partial charge in [0, 0.05) is 36.4 Å². The number of fused-ring (bicyclic) bond motifs is 1. The number of carbonyl (C=O) groups is 11. The van der Waals surface area contributed by atoms with Crippen molar-refractivity contribution in [3.8, 4) is 0 Å². The van der Waals surface area contributed by atoms with Gasteiger partial charge < -0.3 is 79.4 Å². The van der Waals surface area contributed by atoms with Gasteiger partial charge in [-0.25, -0.2) is 4.79 Å². The molecule has 79 heavy (non-hydrogen) atoms. The zero-order valence-electron chi connectivity index (χ0n) is 46.5. The maximum absolute atomic E-state index is 14.5. The molecule has 0 aliphatic carbocycles. The summed E-state index contributed by atoms with van der Waals surface area (Å²) in [6, 6.07) is -5.81. The van der Waals surface area contributed by atoms with E-state index in [2.05, 4.69) is 47.5 Å². The van der Waals surface area contributed by atoms with Gasteiger partial charge in [-0.1, -0.05) is 86.4 Å². The van der Waals surface area contributed by atoms with Crippen LogP contribution in [0.4, 0.5) is 0 Å². The van der Waals surface area contributed by atoms with Gasteiger partial charge in [0.25, 0.3) is 0 Å². The summed E-state index contributed by atoms with van der Waals surface area (Å²) in [6.07, 6.45) is 0.757. The van der Waals surface area contributed by atoms with Gasteiger partial charge in [0.05, 0.1) is 12.6 Å². The van der Waals surface area contributed by atoms with Gasteiger partial charge in [-0.3, -0.25) is 47.9 Å². The third kappa shape index (κ3) is 23.4. The molecule has 2 aromatic rings. The Morgan fingerprint density at radius 2 is 1.00 bits per heavy atom. The molecule has 10 atom stereocenters. The van der Waals surface area contributed by atoms with Crippen LogP contribution in [0.15, 0.2) is 30.5 Å². The van der Waals surface area contributed by atoms with E-state index in [1.54, 1.807) is 85.9 Å². The molecule has 0 aliphatic heterocycles. The first kappa shape index (κ1) is 67.9. The highest BCUT2D eigenvalue weighted by molar-refractivity contribution is 5.99. The van der Waals surface area contributed by atoms with Gasteiger partial charge in [0.1, 0.15) is 48.3 Å². The van der Waals surface area contributed by atoms with Gasteiger partial charge in [-0.05, 0) is 80.4 Å². The van der Waals surface area contributed by atoms with Crippen LogP contribution < -0.4 is 54.0 Å². The molecule has 0 saturated carbocycles. The van der Waals surface area contributed by atoms with Crippen LogP contribution in [-0.4, -0.2) is 158 Å². The highest BCUT2D eigenvalue weighted by atomic mass is 16.4. The molecule has 0 saturated heterocycles. The number of aliphatic hydroxyl groups is 1. The standard InChI is InChI=1S/C53H85N11O15/c1-9-30(8)44(64-45(70)33(55)15-12-13-21-54)52(77)60-38(24-31-25-56-34-16-11-10-14-32(31)34)49(74)58-35(17-19-41(66)67)46(71)57-36(18-20-42(68)69)47(72)59-37(22-27(2)3)48(73)62-40(26-65)50(75)63-43(29(6)7)51(76)61-39(53(78)79)23-28(4)5/h10-11,14,16,25,27-30,33,35-40,43-44,56,65H,9,12-13,15,17-24,26,54-55H2,1-8H3,(H,57,71)(H,58,74)(H,59,72)(H,60,77)(H,61,76)(H,62,73)(H,63,75)(H,64,70)(H,66,67)(H,68,69)(H,78,79)/t30-,33-,35-,36-,37-,38-,39-,40-,43-,44-/m0/s1. The molecule has 17 N–H and O–H groups in total. The predicted molar refractivity (Wildman–Crippen MR) is 290 cm³/mol. The number of aromatic nitrogens is 1. The predicted octanol–water partition coefficient (Wildman–Crippen LogP) is -0.354. The molecule has 26 heteroatoms. The van der Waals surface area contributed by atoms with Crippen LogP contribution in [0.25, 0.3) is 10.9 Å². The number of aromatic amines is 1. The Morgan fingerprint density at radius 3 is 1.51 bits per heavy atom. The third-order valence-corrected chi connectivity index (χ3v) is 13.1. The van der Waals surface area contributed by atoms with Crippen LogP contribution in [0, 0.1) is 23.7 Å². The minimum Gasteiger partial charge on any atom is -0.481 e. The fourth-order valence-electron chi connectivity index (χ4n) is 8.40. The van der Waals surface area contributed by atoms with E-state index in [1.807, 2.05) is 0 Å². The van der Waals surface area contributed by atoms with Crippen LogP contribution in [0.2, 0.25) is 0 Å². The van der Waals surface area contributed by atoms with E-state index in [1.165, 1.54) is 0 Å². The molecule has 0 radical (unpaired) electrons. The first-order valence-electron chi connectivity index (χ1n) is 26.8. The topological polar surface area (TPSA) is 433 Å². The number of unbranched alkanes of at least 4 members (excludes halogenated alkanes) is 1. The van der Waals surface area contributed by atoms with Gasteiger partial charge in [0.15, 0.2) is 0 Å². The van der Waals surface area contributed by atoms with Crippen molar-refractivity contribution in [1.82, 2.24) is 47.5 Å². The second kappa shape index (κ2) is 34.0. The lowest BCUT2D eigenvalue weighted by atomic mass is 9.96. The minimum atomic E-state index is -1.74. The zero-order chi connectivity index (χ0) is 59.7. The largest absolute Gasteiger partial charge is 0.481 e. The van der Waals surface area contributed by atoms with Crippen molar-refractivity contribution < 1.29 is 73.2 Å². The van der Waals surface area contributed by atoms with E-state index in [4.69, 9.17) is 11.5 Å². The molecule has 0 spiro atoms. The van der Waals surface area contributed by atoms with Crippen molar-refractivity contribution in [1.29, 1.82) is 0 Å². The van der Waals surface area contributed by atoms with E-state index in [0.29, 0.717) is 48.7 Å². The lowest BCUT2D eigenvalue weighted by Crippen LogP contribution is -2.61. The molecule has 8 amide bonds. The highest BCUT2D eigenvalue weighted by Gasteiger charge is 2.37. The molecular weight excluding hydrogens is 1030 g/mol. The molecular formula is C53H85N11O15. The molecule has 2 rings (SSSR count). The van der Waals surface area contributed by atoms with Gasteiger partial charge in [-0.2, -0.15) is 0 Å². The summed E-state index contributed by atoms with van der Waals surface area (Å²) in [7, 11) is 0. The Bertz CT molecular complexity index is 2400. The summed E-state index contributed by atoms with van der Waals surface area (Å²) in [5, 5.41) is 60.0. The number of amides is 8. The van der Waals surface area contributed by atoms with Crippen LogP contribution in [0.3, 0.4) is 0 Å². The number of nitrogens with two attached hydrogens (primary N) is 2. The molecule has 26 nitrogen and oxygen atoms in total. The molecule has 1 aromatic heterocycles. The Labute approximate surface area is 460 Å². The van der Waals surface area contributed by atoms with Crippen LogP contribution in [0.5, 0.6) is 0 Å². The van der Waals surface area contributed by atoms with E-state index >= 15 is 0 Å². The molecule has 442 valence electrons. The Kier molecular flexibility index (Phi) is 29.2. The number of benzene rings is 1. The lowest BCUT2D eigenvalue weighted by Gasteiger charge is -2.29. The fourth-order valence-corrected chi connectivity index (χ4v) is 8.40. The number of H-pyrrole nitrogens is 1. The minimum absolute atomic E-state index is 0.0895. The van der Waals surface area contributed by atoms with Crippen molar-refractivity contribution in [2.24, 2.45) is 35.1 Å². The Morgan fingerprint density at radius 1 is 0.544 bits per heavy atom. The second-order valence-electron chi connectivity index (χ2n) is 21.1. The fraction of sp³-hybridized carbons (Fsp3) is 0.642. The number of aliphatic hydroxyl groups excluding tert-OH is 1. The summed E-state index contributed by atoms with van der Waals surface area (Å²) in [5.41, 5.74) is 13.0. The van der Waals surface area contributed by atoms with Crippen molar-refractivity contribution in [2.45, 2.75) is 180 Å².